The van der Waals surface area contributed by atoms with Gasteiger partial charge in [0, 0.05) is 49.4 Å². The van der Waals surface area contributed by atoms with E-state index in [0.717, 1.165) is 30.2 Å². The minimum Gasteiger partial charge on any atom is -0.465 e. The lowest BCUT2D eigenvalue weighted by Gasteiger charge is -2.34. The van der Waals surface area contributed by atoms with E-state index in [1.165, 1.54) is 24.0 Å². The Morgan fingerprint density at radius 3 is 3.14 bits per heavy atom. The average Bonchev–Trinajstić information content (AvgIpc) is 3.16. The number of aryl methyl sites for hydroxylation is 1. The van der Waals surface area contributed by atoms with E-state index in [1.807, 2.05) is 41.1 Å². The van der Waals surface area contributed by atoms with E-state index in [-0.39, 0.29) is 5.97 Å². The van der Waals surface area contributed by atoms with E-state index in [1.54, 1.807) is 0 Å². The van der Waals surface area contributed by atoms with Crippen molar-refractivity contribution in [2.45, 2.75) is 12.6 Å². The molecule has 22 heavy (non-hydrogen) atoms. The molecule has 2 aromatic heterocycles. The van der Waals surface area contributed by atoms with E-state index >= 15 is 0 Å². The Morgan fingerprint density at radius 2 is 2.41 bits per heavy atom. The van der Waals surface area contributed by atoms with Crippen LogP contribution in [0.3, 0.4) is 0 Å². The van der Waals surface area contributed by atoms with Crippen LogP contribution in [0.4, 0.5) is 0 Å². The van der Waals surface area contributed by atoms with Gasteiger partial charge in [0.1, 0.15) is 4.88 Å². The van der Waals surface area contributed by atoms with Crippen LogP contribution in [0.25, 0.3) is 0 Å². The SMILES string of the molecule is COC(=O)c1sccc1CN1CCSC[C@H]1c1cnn(C)c1. The maximum absolute atomic E-state index is 11.8. The molecule has 3 rings (SSSR count). The predicted molar refractivity (Wildman–Crippen MR) is 89.3 cm³/mol. The van der Waals surface area contributed by atoms with Gasteiger partial charge in [0.2, 0.25) is 0 Å². The van der Waals surface area contributed by atoms with Crippen molar-refractivity contribution in [3.8, 4) is 0 Å². The molecule has 0 bridgehead atoms. The first-order chi connectivity index (χ1) is 10.7. The number of thioether (sulfide) groups is 1. The fourth-order valence-electron chi connectivity index (χ4n) is 2.70. The summed E-state index contributed by atoms with van der Waals surface area (Å²) in [6.07, 6.45) is 4.02. The highest BCUT2D eigenvalue weighted by Crippen LogP contribution is 2.32. The second-order valence-corrected chi connectivity index (χ2v) is 7.34. The Hall–Kier alpha value is -1.31. The molecule has 1 saturated heterocycles. The van der Waals surface area contributed by atoms with Crippen LogP contribution in [0.15, 0.2) is 23.8 Å². The summed E-state index contributed by atoms with van der Waals surface area (Å²) in [6.45, 7) is 1.79. The summed E-state index contributed by atoms with van der Waals surface area (Å²) in [5.41, 5.74) is 2.29. The van der Waals surface area contributed by atoms with Crippen LogP contribution in [0.5, 0.6) is 0 Å². The van der Waals surface area contributed by atoms with Crippen LogP contribution in [-0.2, 0) is 18.3 Å². The van der Waals surface area contributed by atoms with Gasteiger partial charge in [-0.1, -0.05) is 0 Å². The molecule has 0 unspecified atom stereocenters. The molecule has 0 radical (unpaired) electrons. The third-order valence-corrected chi connectivity index (χ3v) is 5.80. The summed E-state index contributed by atoms with van der Waals surface area (Å²) >= 11 is 3.42. The molecule has 0 aliphatic carbocycles. The largest absolute Gasteiger partial charge is 0.465 e. The molecule has 7 heteroatoms. The Balaban J connectivity index is 1.80. The monoisotopic (exact) mass is 337 g/mol. The third-order valence-electron chi connectivity index (χ3n) is 3.84. The van der Waals surface area contributed by atoms with Gasteiger partial charge in [-0.3, -0.25) is 9.58 Å². The lowest BCUT2D eigenvalue weighted by molar-refractivity contribution is 0.0603. The molecule has 2 aromatic rings. The van der Waals surface area contributed by atoms with Crippen molar-refractivity contribution in [3.63, 3.8) is 0 Å². The van der Waals surface area contributed by atoms with Gasteiger partial charge >= 0.3 is 5.97 Å². The van der Waals surface area contributed by atoms with Crippen LogP contribution < -0.4 is 0 Å². The van der Waals surface area contributed by atoms with Gasteiger partial charge in [0.05, 0.1) is 13.3 Å². The van der Waals surface area contributed by atoms with E-state index in [4.69, 9.17) is 4.74 Å². The minimum absolute atomic E-state index is 0.241. The van der Waals surface area contributed by atoms with Crippen molar-refractivity contribution in [2.75, 3.05) is 25.2 Å². The number of carbonyl (C=O) groups excluding carboxylic acids is 1. The van der Waals surface area contributed by atoms with E-state index in [0.29, 0.717) is 10.9 Å². The summed E-state index contributed by atoms with van der Waals surface area (Å²) in [4.78, 5) is 15.0. The third kappa shape index (κ3) is 3.21. The molecule has 0 spiro atoms. The van der Waals surface area contributed by atoms with Crippen molar-refractivity contribution >= 4 is 29.1 Å². The number of methoxy groups -OCH3 is 1. The van der Waals surface area contributed by atoms with Crippen molar-refractivity contribution in [1.29, 1.82) is 0 Å². The molecule has 118 valence electrons. The fraction of sp³-hybridized carbons (Fsp3) is 0.467. The van der Waals surface area contributed by atoms with Gasteiger partial charge in [0.25, 0.3) is 0 Å². The number of nitrogens with zero attached hydrogens (tertiary/aromatic N) is 3. The first-order valence-electron chi connectivity index (χ1n) is 7.14. The van der Waals surface area contributed by atoms with Crippen LogP contribution in [0.2, 0.25) is 0 Å². The number of rotatable bonds is 4. The number of ether oxygens (including phenoxy) is 1. The molecule has 0 saturated carbocycles. The first-order valence-corrected chi connectivity index (χ1v) is 9.17. The molecule has 0 aromatic carbocycles. The van der Waals surface area contributed by atoms with Crippen molar-refractivity contribution in [2.24, 2.45) is 7.05 Å². The van der Waals surface area contributed by atoms with E-state index < -0.39 is 0 Å². The summed E-state index contributed by atoms with van der Waals surface area (Å²) in [5.74, 6) is 1.94. The van der Waals surface area contributed by atoms with Crippen LogP contribution >= 0.6 is 23.1 Å². The number of hydrogen-bond donors (Lipinski definition) is 0. The van der Waals surface area contributed by atoms with Gasteiger partial charge in [-0.2, -0.15) is 16.9 Å². The van der Waals surface area contributed by atoms with E-state index in [2.05, 4.69) is 16.2 Å². The molecule has 0 N–H and O–H groups in total. The van der Waals surface area contributed by atoms with Crippen molar-refractivity contribution in [1.82, 2.24) is 14.7 Å². The summed E-state index contributed by atoms with van der Waals surface area (Å²) in [6, 6.07) is 2.37. The molecule has 1 fully saturated rings. The number of hydrogen-bond acceptors (Lipinski definition) is 6. The first kappa shape index (κ1) is 15.6. The van der Waals surface area contributed by atoms with Gasteiger partial charge in [-0.05, 0) is 17.0 Å². The van der Waals surface area contributed by atoms with E-state index in [9.17, 15) is 4.79 Å². The molecule has 3 heterocycles. The topological polar surface area (TPSA) is 47.4 Å². The zero-order valence-electron chi connectivity index (χ0n) is 12.7. The van der Waals surface area contributed by atoms with Crippen molar-refractivity contribution < 1.29 is 9.53 Å². The smallest absolute Gasteiger partial charge is 0.348 e. The summed E-state index contributed by atoms with van der Waals surface area (Å²) in [5, 5.41) is 6.25. The minimum atomic E-state index is -0.241. The standard InChI is InChI=1S/C15H19N3O2S2/c1-17-8-12(7-16-17)13-10-21-6-4-18(13)9-11-3-5-22-14(11)15(19)20-2/h3,5,7-8,13H,4,6,9-10H2,1-2H3/t13-/m0/s1. The number of thiophene rings is 1. The maximum Gasteiger partial charge on any atom is 0.348 e. The van der Waals surface area contributed by atoms with Crippen LogP contribution in [0, 0.1) is 0 Å². The Bertz CT molecular complexity index is 653. The van der Waals surface area contributed by atoms with Crippen LogP contribution in [0.1, 0.15) is 26.8 Å². The lowest BCUT2D eigenvalue weighted by atomic mass is 10.1. The molecule has 1 aliphatic heterocycles. The van der Waals surface area contributed by atoms with Crippen LogP contribution in [-0.4, -0.2) is 45.8 Å². The normalized spacial score (nSPS) is 19.3. The Labute approximate surface area is 138 Å². The number of esters is 1. The second kappa shape index (κ2) is 6.85. The molecule has 1 aliphatic rings. The predicted octanol–water partition coefficient (Wildman–Crippen LogP) is 2.56. The van der Waals surface area contributed by atoms with Gasteiger partial charge in [-0.25, -0.2) is 4.79 Å². The molecular weight excluding hydrogens is 318 g/mol. The molecule has 1 atom stereocenters. The maximum atomic E-state index is 11.8. The molecule has 0 amide bonds. The van der Waals surface area contributed by atoms with Crippen molar-refractivity contribution in [3.05, 3.63) is 39.8 Å². The molecular formula is C15H19N3O2S2. The number of aromatic nitrogens is 2. The highest BCUT2D eigenvalue weighted by Gasteiger charge is 2.27. The van der Waals surface area contributed by atoms with Gasteiger partial charge in [0.15, 0.2) is 0 Å². The lowest BCUT2D eigenvalue weighted by Crippen LogP contribution is -2.35. The summed E-state index contributed by atoms with van der Waals surface area (Å²) in [7, 11) is 3.37. The second-order valence-electron chi connectivity index (χ2n) is 5.28. The Morgan fingerprint density at radius 1 is 1.55 bits per heavy atom. The zero-order valence-corrected chi connectivity index (χ0v) is 14.3. The van der Waals surface area contributed by atoms with Gasteiger partial charge < -0.3 is 4.74 Å². The summed E-state index contributed by atoms with van der Waals surface area (Å²) < 4.78 is 6.72. The molecule has 5 nitrogen and oxygen atoms in total. The quantitative estimate of drug-likeness (QED) is 0.803. The van der Waals surface area contributed by atoms with Gasteiger partial charge in [-0.15, -0.1) is 11.3 Å². The zero-order chi connectivity index (χ0) is 15.5. The fourth-order valence-corrected chi connectivity index (χ4v) is 4.69. The number of carbonyl (C=O) groups is 1. The average molecular weight is 337 g/mol. The highest BCUT2D eigenvalue weighted by atomic mass is 32.2. The highest BCUT2D eigenvalue weighted by molar-refractivity contribution is 7.99. The Kier molecular flexibility index (Phi) is 4.85.